The number of nitrogens with one attached hydrogen (secondary N) is 1. The van der Waals surface area contributed by atoms with Gasteiger partial charge in [0, 0.05) is 37.0 Å². The monoisotopic (exact) mass is 388 g/mol. The molecule has 0 atom stereocenters. The van der Waals surface area contributed by atoms with Gasteiger partial charge in [-0.2, -0.15) is 0 Å². The first-order chi connectivity index (χ1) is 14.0. The van der Waals surface area contributed by atoms with E-state index in [4.69, 9.17) is 4.42 Å². The van der Waals surface area contributed by atoms with Crippen LogP contribution in [0.25, 0.3) is 34.3 Å². The quantitative estimate of drug-likeness (QED) is 0.561. The molecule has 3 aromatic heterocycles. The number of aromatic nitrogens is 5. The number of benzene rings is 1. The van der Waals surface area contributed by atoms with Crippen LogP contribution < -0.4 is 10.9 Å². The van der Waals surface area contributed by atoms with Gasteiger partial charge in [-0.25, -0.2) is 4.98 Å². The van der Waals surface area contributed by atoms with E-state index < -0.39 is 0 Å². The molecule has 0 aliphatic rings. The van der Waals surface area contributed by atoms with Crippen molar-refractivity contribution in [3.05, 3.63) is 70.4 Å². The Kier molecular flexibility index (Phi) is 5.01. The molecule has 0 amide bonds. The summed E-state index contributed by atoms with van der Waals surface area (Å²) in [4.78, 5) is 20.7. The highest BCUT2D eigenvalue weighted by molar-refractivity contribution is 5.62. The van der Waals surface area contributed by atoms with Crippen molar-refractivity contribution in [2.24, 2.45) is 7.05 Å². The van der Waals surface area contributed by atoms with Gasteiger partial charge in [-0.05, 0) is 37.7 Å². The van der Waals surface area contributed by atoms with Crippen LogP contribution in [0, 0.1) is 6.92 Å². The second-order valence-corrected chi connectivity index (χ2v) is 6.70. The van der Waals surface area contributed by atoms with Crippen molar-refractivity contribution in [1.82, 2.24) is 30.0 Å². The molecule has 146 valence electrons. The molecule has 0 spiro atoms. The zero-order valence-corrected chi connectivity index (χ0v) is 16.4. The second-order valence-electron chi connectivity index (χ2n) is 6.70. The Labute approximate surface area is 167 Å². The van der Waals surface area contributed by atoms with E-state index in [9.17, 15) is 4.79 Å². The van der Waals surface area contributed by atoms with E-state index in [1.165, 1.54) is 16.2 Å². The summed E-state index contributed by atoms with van der Waals surface area (Å²) in [5, 5.41) is 11.4. The average Bonchev–Trinajstić information content (AvgIpc) is 3.21. The predicted octanol–water partition coefficient (Wildman–Crippen LogP) is 2.59. The van der Waals surface area contributed by atoms with Crippen LogP contribution >= 0.6 is 0 Å². The Morgan fingerprint density at radius 3 is 2.48 bits per heavy atom. The molecule has 0 aliphatic heterocycles. The minimum Gasteiger partial charge on any atom is -0.415 e. The third-order valence-electron chi connectivity index (χ3n) is 4.55. The molecule has 8 nitrogen and oxygen atoms in total. The second kappa shape index (κ2) is 7.76. The molecule has 29 heavy (non-hydrogen) atoms. The first-order valence-corrected chi connectivity index (χ1v) is 9.13. The van der Waals surface area contributed by atoms with E-state index in [1.807, 2.05) is 38.2 Å². The van der Waals surface area contributed by atoms with Crippen molar-refractivity contribution in [3.63, 3.8) is 0 Å². The highest BCUT2D eigenvalue weighted by atomic mass is 16.4. The molecule has 4 rings (SSSR count). The van der Waals surface area contributed by atoms with Crippen LogP contribution in [0.1, 0.15) is 11.3 Å². The van der Waals surface area contributed by atoms with Gasteiger partial charge in [0.05, 0.1) is 17.6 Å². The lowest BCUT2D eigenvalue weighted by molar-refractivity contribution is 0.581. The van der Waals surface area contributed by atoms with Crippen LogP contribution in [0.5, 0.6) is 0 Å². The van der Waals surface area contributed by atoms with E-state index in [-0.39, 0.29) is 5.56 Å². The molecule has 4 aromatic rings. The average molecular weight is 388 g/mol. The van der Waals surface area contributed by atoms with Crippen molar-refractivity contribution >= 4 is 0 Å². The van der Waals surface area contributed by atoms with Crippen molar-refractivity contribution in [2.75, 3.05) is 7.05 Å². The summed E-state index contributed by atoms with van der Waals surface area (Å²) in [7, 11) is 3.60. The molecule has 0 saturated heterocycles. The fraction of sp³-hybridized carbons (Fsp3) is 0.190. The molecule has 1 N–H and O–H groups in total. The zero-order valence-electron chi connectivity index (χ0n) is 16.4. The Balaban J connectivity index is 1.68. The van der Waals surface area contributed by atoms with Gasteiger partial charge in [-0.3, -0.25) is 9.78 Å². The highest BCUT2D eigenvalue weighted by Crippen LogP contribution is 2.26. The number of nitrogens with zero attached hydrogens (tertiary/aromatic N) is 5. The number of pyridine rings is 1. The van der Waals surface area contributed by atoms with Gasteiger partial charge in [-0.1, -0.05) is 12.1 Å². The van der Waals surface area contributed by atoms with E-state index >= 15 is 0 Å². The molecular weight excluding hydrogens is 368 g/mol. The first-order valence-electron chi connectivity index (χ1n) is 9.13. The minimum atomic E-state index is -0.0867. The summed E-state index contributed by atoms with van der Waals surface area (Å²) in [5.74, 6) is 0.723. The lowest BCUT2D eigenvalue weighted by Gasteiger charge is -2.06. The summed E-state index contributed by atoms with van der Waals surface area (Å²) < 4.78 is 7.37. The Morgan fingerprint density at radius 1 is 1.03 bits per heavy atom. The van der Waals surface area contributed by atoms with Crippen LogP contribution in [0.15, 0.2) is 58.0 Å². The van der Waals surface area contributed by atoms with E-state index in [0.717, 1.165) is 17.7 Å². The van der Waals surface area contributed by atoms with Crippen molar-refractivity contribution in [1.29, 1.82) is 0 Å². The van der Waals surface area contributed by atoms with Crippen molar-refractivity contribution in [3.8, 4) is 34.3 Å². The minimum absolute atomic E-state index is 0.0867. The maximum absolute atomic E-state index is 11.6. The molecule has 1 aromatic carbocycles. The maximum Gasteiger partial charge on any atom is 0.268 e. The summed E-state index contributed by atoms with van der Waals surface area (Å²) in [5.41, 5.74) is 4.51. The van der Waals surface area contributed by atoms with E-state index in [2.05, 4.69) is 25.5 Å². The van der Waals surface area contributed by atoms with Crippen LogP contribution in [-0.2, 0) is 13.6 Å². The van der Waals surface area contributed by atoms with Gasteiger partial charge < -0.3 is 14.3 Å². The number of hydrogen-bond donors (Lipinski definition) is 1. The number of aryl methyl sites for hydroxylation is 2. The first kappa shape index (κ1) is 18.7. The molecule has 0 saturated carbocycles. The number of hydrogen-bond acceptors (Lipinski definition) is 7. The van der Waals surface area contributed by atoms with Crippen LogP contribution in [0.2, 0.25) is 0 Å². The van der Waals surface area contributed by atoms with E-state index in [1.54, 1.807) is 25.5 Å². The summed E-state index contributed by atoms with van der Waals surface area (Å²) >= 11 is 0. The lowest BCUT2D eigenvalue weighted by atomic mass is 10.1. The number of rotatable bonds is 5. The molecule has 0 fully saturated rings. The highest BCUT2D eigenvalue weighted by Gasteiger charge is 2.16. The topological polar surface area (TPSA) is 98.7 Å². The third-order valence-corrected chi connectivity index (χ3v) is 4.55. The fourth-order valence-electron chi connectivity index (χ4n) is 2.94. The van der Waals surface area contributed by atoms with Crippen LogP contribution in [0.3, 0.4) is 0 Å². The normalized spacial score (nSPS) is 11.0. The molecule has 0 radical (unpaired) electrons. The van der Waals surface area contributed by atoms with Crippen molar-refractivity contribution in [2.45, 2.75) is 13.5 Å². The third kappa shape index (κ3) is 3.83. The molecular formula is C21H20N6O2. The SMILES string of the molecule is CNCc1ccc(-c2nnc(-c3nc(-c4ccc(=O)n(C)c4)cnc3C)o2)cc1. The largest absolute Gasteiger partial charge is 0.415 e. The predicted molar refractivity (Wildman–Crippen MR) is 109 cm³/mol. The Hall–Kier alpha value is -3.65. The van der Waals surface area contributed by atoms with Gasteiger partial charge in [-0.15, -0.1) is 10.2 Å². The molecule has 3 heterocycles. The van der Waals surface area contributed by atoms with Crippen molar-refractivity contribution < 1.29 is 4.42 Å². The summed E-state index contributed by atoms with van der Waals surface area (Å²) in [6.07, 6.45) is 3.38. The molecule has 0 aliphatic carbocycles. The van der Waals surface area contributed by atoms with Crippen LogP contribution in [0.4, 0.5) is 0 Å². The smallest absolute Gasteiger partial charge is 0.268 e. The Morgan fingerprint density at radius 2 is 1.76 bits per heavy atom. The molecule has 8 heteroatoms. The zero-order chi connectivity index (χ0) is 20.4. The van der Waals surface area contributed by atoms with Gasteiger partial charge in [0.25, 0.3) is 5.89 Å². The maximum atomic E-state index is 11.6. The lowest BCUT2D eigenvalue weighted by Crippen LogP contribution is -2.14. The van der Waals surface area contributed by atoms with Gasteiger partial charge in [0.2, 0.25) is 11.4 Å². The summed E-state index contributed by atoms with van der Waals surface area (Å²) in [6, 6.07) is 11.1. The Bertz CT molecular complexity index is 1210. The summed E-state index contributed by atoms with van der Waals surface area (Å²) in [6.45, 7) is 2.63. The molecule has 0 unspecified atom stereocenters. The van der Waals surface area contributed by atoms with Gasteiger partial charge in [0.1, 0.15) is 5.69 Å². The van der Waals surface area contributed by atoms with Crippen LogP contribution in [-0.4, -0.2) is 31.8 Å². The van der Waals surface area contributed by atoms with E-state index in [0.29, 0.717) is 28.9 Å². The van der Waals surface area contributed by atoms with Gasteiger partial charge in [0.15, 0.2) is 0 Å². The van der Waals surface area contributed by atoms with Gasteiger partial charge >= 0.3 is 0 Å². The standard InChI is InChI=1S/C21H20N6O2/c1-13-19(24-17(11-23-13)16-8-9-18(28)27(3)12-16)21-26-25-20(29-21)15-6-4-14(5-7-15)10-22-2/h4-9,11-12,22H,10H2,1-3H3. The fourth-order valence-corrected chi connectivity index (χ4v) is 2.94. The molecule has 0 bridgehead atoms.